The first kappa shape index (κ1) is 13.8. The first-order valence-corrected chi connectivity index (χ1v) is 7.50. The summed E-state index contributed by atoms with van der Waals surface area (Å²) in [7, 11) is 1.69. The zero-order chi connectivity index (χ0) is 13.7. The van der Waals surface area contributed by atoms with E-state index in [-0.39, 0.29) is 6.04 Å². The van der Waals surface area contributed by atoms with E-state index in [2.05, 4.69) is 54.9 Å². The van der Waals surface area contributed by atoms with Gasteiger partial charge in [0.25, 0.3) is 0 Å². The summed E-state index contributed by atoms with van der Waals surface area (Å²) in [6, 6.07) is 16.9. The molecule has 2 aromatic rings. The Balaban J connectivity index is 2.08. The zero-order valence-electron chi connectivity index (χ0n) is 11.5. The first-order chi connectivity index (χ1) is 9.22. The predicted molar refractivity (Wildman–Crippen MR) is 83.3 cm³/mol. The van der Waals surface area contributed by atoms with Gasteiger partial charge in [-0.1, -0.05) is 12.1 Å². The number of hydrogen-bond acceptors (Lipinski definition) is 3. The van der Waals surface area contributed by atoms with Crippen molar-refractivity contribution in [2.75, 3.05) is 18.7 Å². The highest BCUT2D eigenvalue weighted by Gasteiger charge is 2.06. The average molecular weight is 273 g/mol. The maximum Gasteiger partial charge on any atom is 0.119 e. The molecule has 1 atom stereocenters. The van der Waals surface area contributed by atoms with E-state index in [4.69, 9.17) is 4.74 Å². The smallest absolute Gasteiger partial charge is 0.119 e. The Bertz CT molecular complexity index is 525. The molecule has 0 amide bonds. The Morgan fingerprint density at radius 3 is 2.47 bits per heavy atom. The van der Waals surface area contributed by atoms with Crippen LogP contribution in [-0.2, 0) is 0 Å². The fourth-order valence-electron chi connectivity index (χ4n) is 1.93. The molecule has 2 nitrogen and oxygen atoms in total. The van der Waals surface area contributed by atoms with Gasteiger partial charge in [-0.05, 0) is 55.1 Å². The maximum atomic E-state index is 5.25. The summed E-state index contributed by atoms with van der Waals surface area (Å²) in [4.78, 5) is 1.28. The molecule has 1 N–H and O–H groups in total. The van der Waals surface area contributed by atoms with E-state index >= 15 is 0 Å². The molecule has 0 aliphatic heterocycles. The number of hydrogen-bond donors (Lipinski definition) is 1. The minimum absolute atomic E-state index is 0.246. The van der Waals surface area contributed by atoms with Gasteiger partial charge in [0, 0.05) is 16.6 Å². The van der Waals surface area contributed by atoms with Crippen molar-refractivity contribution in [1.82, 2.24) is 0 Å². The highest BCUT2D eigenvalue weighted by molar-refractivity contribution is 7.98. The Morgan fingerprint density at radius 2 is 1.84 bits per heavy atom. The zero-order valence-corrected chi connectivity index (χ0v) is 12.3. The van der Waals surface area contributed by atoms with E-state index in [0.717, 1.165) is 11.4 Å². The van der Waals surface area contributed by atoms with Crippen LogP contribution >= 0.6 is 11.8 Å². The van der Waals surface area contributed by atoms with Gasteiger partial charge in [-0.3, -0.25) is 0 Å². The minimum Gasteiger partial charge on any atom is -0.497 e. The molecule has 0 saturated heterocycles. The Morgan fingerprint density at radius 1 is 1.11 bits per heavy atom. The number of nitrogens with one attached hydrogen (secondary N) is 1. The van der Waals surface area contributed by atoms with Crippen molar-refractivity contribution in [3.05, 3.63) is 54.1 Å². The lowest BCUT2D eigenvalue weighted by atomic mass is 10.1. The highest BCUT2D eigenvalue weighted by atomic mass is 32.2. The molecule has 0 heterocycles. The van der Waals surface area contributed by atoms with Gasteiger partial charge >= 0.3 is 0 Å². The molecule has 0 aliphatic rings. The lowest BCUT2D eigenvalue weighted by Crippen LogP contribution is -2.06. The van der Waals surface area contributed by atoms with Gasteiger partial charge < -0.3 is 10.1 Å². The summed E-state index contributed by atoms with van der Waals surface area (Å²) < 4.78 is 5.25. The Kier molecular flexibility index (Phi) is 4.74. The average Bonchev–Trinajstić information content (AvgIpc) is 2.48. The van der Waals surface area contributed by atoms with Crippen LogP contribution < -0.4 is 10.1 Å². The van der Waals surface area contributed by atoms with Crippen molar-refractivity contribution in [2.24, 2.45) is 0 Å². The molecule has 0 bridgehead atoms. The van der Waals surface area contributed by atoms with Gasteiger partial charge in [0.2, 0.25) is 0 Å². The van der Waals surface area contributed by atoms with Crippen LogP contribution in [0.15, 0.2) is 53.4 Å². The molecule has 0 radical (unpaired) electrons. The van der Waals surface area contributed by atoms with Crippen LogP contribution in [-0.4, -0.2) is 13.4 Å². The van der Waals surface area contributed by atoms with Gasteiger partial charge in [-0.2, -0.15) is 0 Å². The Hall–Kier alpha value is -1.61. The fraction of sp³-hybridized carbons (Fsp3) is 0.250. The molecule has 0 fully saturated rings. The van der Waals surface area contributed by atoms with Crippen LogP contribution in [0.3, 0.4) is 0 Å². The van der Waals surface area contributed by atoms with Crippen molar-refractivity contribution in [1.29, 1.82) is 0 Å². The molecular weight excluding hydrogens is 254 g/mol. The summed E-state index contributed by atoms with van der Waals surface area (Å²) in [5.41, 5.74) is 2.35. The van der Waals surface area contributed by atoms with E-state index in [1.165, 1.54) is 10.5 Å². The van der Waals surface area contributed by atoms with E-state index < -0.39 is 0 Å². The third-order valence-corrected chi connectivity index (χ3v) is 3.81. The summed E-state index contributed by atoms with van der Waals surface area (Å²) in [5.74, 6) is 0.892. The molecule has 0 saturated carbocycles. The second-order valence-corrected chi connectivity index (χ2v) is 5.25. The van der Waals surface area contributed by atoms with Crippen LogP contribution in [0, 0.1) is 0 Å². The molecule has 2 aromatic carbocycles. The molecule has 19 heavy (non-hydrogen) atoms. The molecule has 1 unspecified atom stereocenters. The number of anilines is 1. The van der Waals surface area contributed by atoms with Crippen LogP contribution in [0.4, 0.5) is 5.69 Å². The lowest BCUT2D eigenvalue weighted by molar-refractivity contribution is 0.414. The number of benzene rings is 2. The fourth-order valence-corrected chi connectivity index (χ4v) is 2.34. The van der Waals surface area contributed by atoms with Crippen molar-refractivity contribution in [3.63, 3.8) is 0 Å². The van der Waals surface area contributed by atoms with Crippen LogP contribution in [0.1, 0.15) is 18.5 Å². The van der Waals surface area contributed by atoms with E-state index in [0.29, 0.717) is 0 Å². The number of ether oxygens (including phenoxy) is 1. The third kappa shape index (κ3) is 3.67. The Labute approximate surface area is 119 Å². The summed E-state index contributed by atoms with van der Waals surface area (Å²) >= 11 is 1.75. The van der Waals surface area contributed by atoms with Crippen molar-refractivity contribution in [2.45, 2.75) is 17.9 Å². The molecule has 2 rings (SSSR count). The van der Waals surface area contributed by atoms with Crippen LogP contribution in [0.25, 0.3) is 0 Å². The maximum absolute atomic E-state index is 5.25. The summed E-state index contributed by atoms with van der Waals surface area (Å²) in [6.07, 6.45) is 2.08. The van der Waals surface area contributed by atoms with Gasteiger partial charge in [-0.25, -0.2) is 0 Å². The topological polar surface area (TPSA) is 21.3 Å². The van der Waals surface area contributed by atoms with Gasteiger partial charge in [0.1, 0.15) is 5.75 Å². The highest BCUT2D eigenvalue weighted by Crippen LogP contribution is 2.24. The molecule has 0 spiro atoms. The number of thioether (sulfide) groups is 1. The standard InChI is InChI=1S/C16H19NOS/c1-12(13-5-4-6-15(11-13)18-2)17-14-7-9-16(19-3)10-8-14/h4-12,17H,1-3H3. The largest absolute Gasteiger partial charge is 0.497 e. The lowest BCUT2D eigenvalue weighted by Gasteiger charge is -2.16. The first-order valence-electron chi connectivity index (χ1n) is 6.27. The van der Waals surface area contributed by atoms with Crippen molar-refractivity contribution in [3.8, 4) is 5.75 Å². The number of rotatable bonds is 5. The van der Waals surface area contributed by atoms with Crippen LogP contribution in [0.5, 0.6) is 5.75 Å². The van der Waals surface area contributed by atoms with Gasteiger partial charge in [0.05, 0.1) is 7.11 Å². The molecule has 100 valence electrons. The SMILES string of the molecule is COc1cccc(C(C)Nc2ccc(SC)cc2)c1. The van der Waals surface area contributed by atoms with E-state index in [1.54, 1.807) is 18.9 Å². The molecule has 0 aromatic heterocycles. The second-order valence-electron chi connectivity index (χ2n) is 4.37. The van der Waals surface area contributed by atoms with Crippen LogP contribution in [0.2, 0.25) is 0 Å². The predicted octanol–water partition coefficient (Wildman–Crippen LogP) is 4.59. The third-order valence-electron chi connectivity index (χ3n) is 3.07. The number of methoxy groups -OCH3 is 1. The van der Waals surface area contributed by atoms with E-state index in [9.17, 15) is 0 Å². The molecule has 3 heteroatoms. The van der Waals surface area contributed by atoms with E-state index in [1.807, 2.05) is 12.1 Å². The van der Waals surface area contributed by atoms with Gasteiger partial charge in [0.15, 0.2) is 0 Å². The van der Waals surface area contributed by atoms with Gasteiger partial charge in [-0.15, -0.1) is 11.8 Å². The monoisotopic (exact) mass is 273 g/mol. The minimum atomic E-state index is 0.246. The quantitative estimate of drug-likeness (QED) is 0.805. The molecule has 0 aliphatic carbocycles. The second kappa shape index (κ2) is 6.53. The van der Waals surface area contributed by atoms with Crippen molar-refractivity contribution >= 4 is 17.4 Å². The van der Waals surface area contributed by atoms with Crippen molar-refractivity contribution < 1.29 is 4.74 Å². The normalized spacial score (nSPS) is 11.9. The summed E-state index contributed by atoms with van der Waals surface area (Å²) in [5, 5.41) is 3.50. The molecular formula is C16H19NOS. The summed E-state index contributed by atoms with van der Waals surface area (Å²) in [6.45, 7) is 2.15.